The van der Waals surface area contributed by atoms with Gasteiger partial charge in [0.05, 0.1) is 56.3 Å². The third-order valence-electron chi connectivity index (χ3n) is 19.0. The number of nitrogens with one attached hydrogen (secondary N) is 10. The first kappa shape index (κ1) is 91.4. The molecule has 0 spiro atoms. The molecule has 620 valence electrons. The van der Waals surface area contributed by atoms with Gasteiger partial charge in [-0.25, -0.2) is 4.79 Å². The van der Waals surface area contributed by atoms with E-state index in [9.17, 15) is 103 Å². The number of rotatable bonds is 32. The fourth-order valence-corrected chi connectivity index (χ4v) is 12.7. The first-order valence-corrected chi connectivity index (χ1v) is 37.5. The maximum atomic E-state index is 15.5. The molecule has 3 aromatic carbocycles. The maximum Gasteiger partial charge on any atom is 0.334 e. The summed E-state index contributed by atoms with van der Waals surface area (Å²) in [4.78, 5) is 243. The van der Waals surface area contributed by atoms with E-state index in [4.69, 9.17) is 10.5 Å². The number of esters is 1. The van der Waals surface area contributed by atoms with E-state index >= 15 is 14.4 Å². The summed E-state index contributed by atoms with van der Waals surface area (Å²) in [7, 11) is 0. The number of allylic oxidation sites excluding steroid dienone is 2. The lowest BCUT2D eigenvalue weighted by molar-refractivity contribution is -0.150. The number of aromatic nitrogens is 2. The van der Waals surface area contributed by atoms with Crippen molar-refractivity contribution < 1.29 is 122 Å². The highest BCUT2D eigenvalue weighted by Gasteiger charge is 2.41. The monoisotopic (exact) mass is 1600 g/mol. The number of ketones is 3. The predicted molar refractivity (Wildman–Crippen MR) is 409 cm³/mol. The number of carbonyl (C=O) groups is 17. The summed E-state index contributed by atoms with van der Waals surface area (Å²) in [5.74, 6) is -28.3. The van der Waals surface area contributed by atoms with Crippen molar-refractivity contribution in [1.82, 2.24) is 52.5 Å². The topological polar surface area (TPSA) is 595 Å². The Bertz CT molecular complexity index is 4410. The fraction of sp³-hybridized carbons (Fsp3) is 0.456. The summed E-state index contributed by atoms with van der Waals surface area (Å²) in [6.07, 6.45) is 2.76. The lowest BCUT2D eigenvalue weighted by Crippen LogP contribution is -2.60. The molecule has 115 heavy (non-hydrogen) atoms. The molecule has 6 rings (SSSR count). The first-order chi connectivity index (χ1) is 54.6. The van der Waals surface area contributed by atoms with Crippen LogP contribution in [0.4, 0.5) is 0 Å². The van der Waals surface area contributed by atoms with E-state index in [0.29, 0.717) is 34.1 Å². The number of aromatic amines is 2. The lowest BCUT2D eigenvalue weighted by Gasteiger charge is -2.29. The number of phenolic OH excluding ortho intramolecular Hbond substituents is 1. The van der Waals surface area contributed by atoms with E-state index in [0.717, 1.165) is 82.2 Å². The maximum absolute atomic E-state index is 15.5. The van der Waals surface area contributed by atoms with Gasteiger partial charge in [-0.05, 0) is 79.6 Å². The van der Waals surface area contributed by atoms with Crippen molar-refractivity contribution >= 4 is 128 Å². The van der Waals surface area contributed by atoms with Gasteiger partial charge >= 0.3 is 29.8 Å². The van der Waals surface area contributed by atoms with Crippen LogP contribution in [0.3, 0.4) is 0 Å². The molecule has 9 amide bonds. The number of benzene rings is 3. The van der Waals surface area contributed by atoms with Crippen LogP contribution in [0, 0.1) is 17.8 Å². The molecule has 0 bridgehead atoms. The summed E-state index contributed by atoms with van der Waals surface area (Å²) in [6, 6.07) is 1.72. The molecule has 0 saturated carbocycles. The Labute approximate surface area is 659 Å². The highest BCUT2D eigenvalue weighted by atomic mass is 16.5. The van der Waals surface area contributed by atoms with Gasteiger partial charge in [0.1, 0.15) is 42.1 Å². The van der Waals surface area contributed by atoms with Crippen LogP contribution in [0.2, 0.25) is 0 Å². The number of aliphatic carboxylic acids is 4. The largest absolute Gasteiger partial charge is 0.508 e. The molecule has 1 aliphatic rings. The van der Waals surface area contributed by atoms with Crippen LogP contribution >= 0.6 is 0 Å². The number of amides is 9. The molecule has 0 aliphatic carbocycles. The van der Waals surface area contributed by atoms with Gasteiger partial charge in [0, 0.05) is 77.4 Å². The minimum atomic E-state index is -2.70. The Morgan fingerprint density at radius 3 is 1.83 bits per heavy atom. The summed E-state index contributed by atoms with van der Waals surface area (Å²) >= 11 is 0. The second-order valence-corrected chi connectivity index (χ2v) is 28.5. The van der Waals surface area contributed by atoms with Gasteiger partial charge in [-0.2, -0.15) is 0 Å². The predicted octanol–water partition coefficient (Wildman–Crippen LogP) is 2.16. The van der Waals surface area contributed by atoms with Crippen LogP contribution < -0.4 is 48.3 Å². The molecule has 19 N–H and O–H groups in total. The zero-order valence-corrected chi connectivity index (χ0v) is 63.6. The Kier molecular flexibility index (Phi) is 36.0. The molecule has 1 saturated heterocycles. The van der Waals surface area contributed by atoms with E-state index in [1.807, 2.05) is 10.6 Å². The zero-order chi connectivity index (χ0) is 84.6. The Morgan fingerprint density at radius 2 is 1.20 bits per heavy atom. The summed E-state index contributed by atoms with van der Waals surface area (Å²) in [6.45, 7) is 3.11. The number of nitrogens with two attached hydrogens (primary N) is 1. The van der Waals surface area contributed by atoms with E-state index in [-0.39, 0.29) is 16.7 Å². The standard InChI is InChI=1S/C79H99N11O25/c1-42(2)18-12-10-8-6-4-5-7-9-11-13-19-51(93)31-49(41-91)73(108)89-67-43(3)115-79(114)46(30-47-38-81-54-22-16-14-20-52(47)54)34-60(94)56(28-29-63(97)98)84-78(113)69(70(105)71(80)106)88-62(96)40-83-74(109)59(37-66(103)104)87-77(112)68(44-24-26-50(92)27-25-44)90-72(107)45(35-64(99)100)33-61(95)57(36-65(101)102)85-75(110)58(86-76(67)111)32-48-39-82-55-23-17-15-21-53(48)55/h13-17,19-27,30,38-39,42-43,45,49,56-59,67-70,81-82,91-92,105H,4-12,18,28-29,31-37,40-41H2,1-3H3,(H2,80,106)(H,83,109)(H,84,113)(H,85,110)(H,86,111)(H,87,112)(H,88,96)(H,89,108)(H,90,107)(H,97,98)(H,99,100)(H,101,102)(H,103,104)/b19-13+,46-30+/t43-,45+,49+,56-,57+,58-,59+,67+,68-,69-,70+/m1/s1. The van der Waals surface area contributed by atoms with Crippen LogP contribution in [0.1, 0.15) is 159 Å². The number of aliphatic hydroxyl groups excluding tert-OH is 2. The van der Waals surface area contributed by atoms with Gasteiger partial charge in [-0.15, -0.1) is 0 Å². The molecule has 11 atom stereocenters. The Morgan fingerprint density at radius 1 is 0.617 bits per heavy atom. The minimum absolute atomic E-state index is 0.174. The average molecular weight is 1600 g/mol. The number of carbonyl (C=O) groups excluding carboxylic acids is 13. The quantitative estimate of drug-likeness (QED) is 0.0167. The van der Waals surface area contributed by atoms with Gasteiger partial charge in [0.2, 0.25) is 53.2 Å². The highest BCUT2D eigenvalue weighted by molar-refractivity contribution is 6.06. The molecule has 36 heteroatoms. The van der Waals surface area contributed by atoms with E-state index in [1.165, 1.54) is 31.3 Å². The number of Topliss-reactive ketones (excluding diaryl/α,β-unsaturated/α-hetero) is 2. The van der Waals surface area contributed by atoms with Gasteiger partial charge in [0.25, 0.3) is 0 Å². The van der Waals surface area contributed by atoms with E-state index in [1.54, 1.807) is 54.6 Å². The van der Waals surface area contributed by atoms with Crippen molar-refractivity contribution in [3.63, 3.8) is 0 Å². The number of hydrogen-bond acceptors (Lipinski definition) is 21. The van der Waals surface area contributed by atoms with Gasteiger partial charge < -0.3 is 98.7 Å². The second-order valence-electron chi connectivity index (χ2n) is 28.5. The molecule has 3 heterocycles. The number of H-pyrrole nitrogens is 2. The molecule has 36 nitrogen and oxygen atoms in total. The zero-order valence-electron chi connectivity index (χ0n) is 63.6. The SMILES string of the molecule is CC(C)CCCCCCCCCC/C=C/C(=O)C[C@@H](CO)C(=O)N[C@@H]1C(=O)N[C@H](Cc2c[nH]c3ccccc23)C(=O)N[C@@H](CC(=O)O)C(=O)C[C@@H](CC(=O)O)C(=O)N[C@H](c2ccc(O)cc2)C(=O)N[C@@H](CC(=O)O)C(=O)NCC(=O)N[C@H]([C@H](O)C(N)=O)C(=O)N[C@H](CCC(=O)O)C(=O)C/C(=C\c2c[nH]c3ccccc23)C(=O)O[C@@H]1C. The number of carboxylic acids is 4. The van der Waals surface area contributed by atoms with Crippen molar-refractivity contribution in [3.05, 3.63) is 120 Å². The van der Waals surface area contributed by atoms with Crippen LogP contribution in [0.15, 0.2) is 103 Å². The number of phenols is 1. The summed E-state index contributed by atoms with van der Waals surface area (Å²) in [5, 5.41) is 90.6. The number of carboxylic acid groups (broad SMARTS) is 4. The van der Waals surface area contributed by atoms with E-state index in [2.05, 4.69) is 55.7 Å². The normalized spacial score (nSPS) is 21.5. The van der Waals surface area contributed by atoms with Crippen LogP contribution in [0.25, 0.3) is 27.9 Å². The molecule has 0 unspecified atom stereocenters. The van der Waals surface area contributed by atoms with Crippen molar-refractivity contribution in [2.45, 2.75) is 197 Å². The van der Waals surface area contributed by atoms with Crippen LogP contribution in [0.5, 0.6) is 5.75 Å². The third-order valence-corrected chi connectivity index (χ3v) is 19.0. The van der Waals surface area contributed by atoms with Crippen LogP contribution in [-0.4, -0.2) is 208 Å². The Balaban J connectivity index is 1.49. The number of para-hydroxylation sites is 2. The molecular weight excluding hydrogens is 1500 g/mol. The number of aromatic hydroxyl groups is 1. The minimum Gasteiger partial charge on any atom is -0.508 e. The van der Waals surface area contributed by atoms with Gasteiger partial charge in [-0.3, -0.25) is 76.7 Å². The fourth-order valence-electron chi connectivity index (χ4n) is 12.7. The highest BCUT2D eigenvalue weighted by Crippen LogP contribution is 2.27. The average Bonchev–Trinajstić information content (AvgIpc) is 1.61. The first-order valence-electron chi connectivity index (χ1n) is 37.5. The number of aliphatic hydroxyl groups is 2. The van der Waals surface area contributed by atoms with Crippen molar-refractivity contribution in [2.24, 2.45) is 23.5 Å². The van der Waals surface area contributed by atoms with Crippen molar-refractivity contribution in [2.75, 3.05) is 13.2 Å². The number of cyclic esters (lactones) is 1. The number of fused-ring (bicyclic) bond motifs is 2. The number of primary amides is 1. The molecule has 2 aromatic heterocycles. The molecule has 0 radical (unpaired) electrons. The van der Waals surface area contributed by atoms with Crippen molar-refractivity contribution in [3.8, 4) is 5.75 Å². The Hall–Kier alpha value is -12.5. The van der Waals surface area contributed by atoms with Crippen molar-refractivity contribution in [1.29, 1.82) is 0 Å². The van der Waals surface area contributed by atoms with Gasteiger partial charge in [-0.1, -0.05) is 120 Å². The van der Waals surface area contributed by atoms with Gasteiger partial charge in [0.15, 0.2) is 23.5 Å². The summed E-state index contributed by atoms with van der Waals surface area (Å²) in [5.41, 5.74) is 5.86. The lowest BCUT2D eigenvalue weighted by atomic mass is 9.92. The second kappa shape index (κ2) is 45.3. The molecule has 1 aliphatic heterocycles. The van der Waals surface area contributed by atoms with E-state index < -0.39 is 249 Å². The molecule has 5 aromatic rings. The number of ether oxygens (including phenoxy) is 1. The molecular formula is C79H99N11O25. The smallest absolute Gasteiger partial charge is 0.334 e. The molecule has 1 fully saturated rings. The summed E-state index contributed by atoms with van der Waals surface area (Å²) < 4.78 is 5.97. The number of unbranched alkanes of at least 4 members (excludes halogenated alkanes) is 8. The third kappa shape index (κ3) is 29.5. The number of hydrogen-bond donors (Lipinski definition) is 18. The van der Waals surface area contributed by atoms with Crippen LogP contribution in [-0.2, 0) is 92.7 Å².